The molecular weight excluding hydrogens is 354 g/mol. The topological polar surface area (TPSA) is 79.2 Å². The molecule has 0 radical (unpaired) electrons. The Morgan fingerprint density at radius 1 is 1.32 bits per heavy atom. The third-order valence-corrected chi connectivity index (χ3v) is 5.60. The molecule has 2 aliphatic rings. The highest BCUT2D eigenvalue weighted by atomic mass is 16.1. The number of hydrogen-bond acceptors (Lipinski definition) is 6. The van der Waals surface area contributed by atoms with Crippen LogP contribution in [0.15, 0.2) is 12.3 Å². The highest BCUT2D eigenvalue weighted by Crippen LogP contribution is 2.21. The number of likely N-dealkylation sites (tertiary alicyclic amines) is 1. The molecule has 0 spiro atoms. The van der Waals surface area contributed by atoms with Crippen LogP contribution in [-0.4, -0.2) is 56.2 Å². The van der Waals surface area contributed by atoms with Gasteiger partial charge in [0.05, 0.1) is 24.5 Å². The predicted molar refractivity (Wildman–Crippen MR) is 107 cm³/mol. The van der Waals surface area contributed by atoms with Crippen molar-refractivity contribution in [1.82, 2.24) is 30.0 Å². The van der Waals surface area contributed by atoms with Gasteiger partial charge in [-0.15, -0.1) is 0 Å². The minimum absolute atomic E-state index is 0.0500. The number of rotatable bonds is 5. The highest BCUT2D eigenvalue weighted by molar-refractivity contribution is 5.73. The second-order valence-corrected chi connectivity index (χ2v) is 7.85. The van der Waals surface area contributed by atoms with Crippen LogP contribution in [-0.2, 0) is 30.8 Å². The molecule has 1 fully saturated rings. The van der Waals surface area contributed by atoms with Crippen LogP contribution >= 0.6 is 0 Å². The van der Waals surface area contributed by atoms with Gasteiger partial charge < -0.3 is 10.2 Å². The van der Waals surface area contributed by atoms with Gasteiger partial charge in [0.25, 0.3) is 0 Å². The number of aromatic nitrogens is 4. The van der Waals surface area contributed by atoms with Crippen LogP contribution in [0.1, 0.15) is 42.9 Å². The van der Waals surface area contributed by atoms with E-state index in [9.17, 15) is 4.79 Å². The Bertz CT molecular complexity index is 862. The SMILES string of the molecule is CCc1nc(N2CCn3nc(CN4CCC(NC(C)=O)C4)cc3C2)ncc1C. The van der Waals surface area contributed by atoms with E-state index < -0.39 is 0 Å². The first-order valence-corrected chi connectivity index (χ1v) is 10.1. The fourth-order valence-corrected chi connectivity index (χ4v) is 4.16. The van der Waals surface area contributed by atoms with E-state index in [0.717, 1.165) is 75.0 Å². The number of carbonyl (C=O) groups excluding carboxylic acids is 1. The van der Waals surface area contributed by atoms with Crippen LogP contribution in [0, 0.1) is 6.92 Å². The van der Waals surface area contributed by atoms with Crippen molar-refractivity contribution in [1.29, 1.82) is 0 Å². The number of hydrogen-bond donors (Lipinski definition) is 1. The summed E-state index contributed by atoms with van der Waals surface area (Å²) in [5.74, 6) is 0.864. The monoisotopic (exact) mass is 383 g/mol. The number of aryl methyl sites for hydroxylation is 2. The molecule has 0 aliphatic carbocycles. The number of amides is 1. The molecular formula is C20H29N7O. The van der Waals surface area contributed by atoms with Crippen LogP contribution in [0.5, 0.6) is 0 Å². The molecule has 8 nitrogen and oxygen atoms in total. The lowest BCUT2D eigenvalue weighted by Gasteiger charge is -2.28. The van der Waals surface area contributed by atoms with Crippen molar-refractivity contribution in [3.05, 3.63) is 34.9 Å². The lowest BCUT2D eigenvalue weighted by atomic mass is 10.2. The fraction of sp³-hybridized carbons (Fsp3) is 0.600. The molecule has 0 saturated carbocycles. The van der Waals surface area contributed by atoms with E-state index in [1.807, 2.05) is 6.20 Å². The maximum Gasteiger partial charge on any atom is 0.225 e. The summed E-state index contributed by atoms with van der Waals surface area (Å²) < 4.78 is 2.11. The minimum atomic E-state index is 0.0500. The standard InChI is InChI=1S/C20H29N7O/c1-4-19-14(2)10-21-20(23-19)26-7-8-27-18(13-26)9-17(24-27)12-25-6-5-16(11-25)22-15(3)28/h9-10,16H,4-8,11-13H2,1-3H3,(H,22,28). The first kappa shape index (κ1) is 18.9. The zero-order chi connectivity index (χ0) is 19.7. The van der Waals surface area contributed by atoms with Crippen LogP contribution < -0.4 is 10.2 Å². The van der Waals surface area contributed by atoms with E-state index >= 15 is 0 Å². The maximum absolute atomic E-state index is 11.2. The summed E-state index contributed by atoms with van der Waals surface area (Å²) in [4.78, 5) is 25.1. The van der Waals surface area contributed by atoms with Crippen molar-refractivity contribution < 1.29 is 4.79 Å². The van der Waals surface area contributed by atoms with Gasteiger partial charge in [0.1, 0.15) is 0 Å². The average molecular weight is 384 g/mol. The molecule has 150 valence electrons. The molecule has 0 aromatic carbocycles. The molecule has 8 heteroatoms. The zero-order valence-electron chi connectivity index (χ0n) is 17.0. The molecule has 28 heavy (non-hydrogen) atoms. The van der Waals surface area contributed by atoms with E-state index in [2.05, 4.69) is 44.7 Å². The van der Waals surface area contributed by atoms with Gasteiger partial charge in [-0.3, -0.25) is 14.4 Å². The lowest BCUT2D eigenvalue weighted by Crippen LogP contribution is -2.35. The first-order chi connectivity index (χ1) is 13.5. The Hall–Kier alpha value is -2.48. The first-order valence-electron chi connectivity index (χ1n) is 10.1. The Balaban J connectivity index is 1.41. The maximum atomic E-state index is 11.2. The molecule has 4 rings (SSSR count). The van der Waals surface area contributed by atoms with E-state index in [1.54, 1.807) is 6.92 Å². The Kier molecular flexibility index (Phi) is 5.30. The quantitative estimate of drug-likeness (QED) is 0.838. The highest BCUT2D eigenvalue weighted by Gasteiger charge is 2.25. The van der Waals surface area contributed by atoms with Crippen molar-refractivity contribution in [2.45, 2.75) is 59.3 Å². The molecule has 1 N–H and O–H groups in total. The summed E-state index contributed by atoms with van der Waals surface area (Å²) >= 11 is 0. The van der Waals surface area contributed by atoms with Gasteiger partial charge in [-0.1, -0.05) is 6.92 Å². The summed E-state index contributed by atoms with van der Waals surface area (Å²) in [6.45, 7) is 11.0. The smallest absolute Gasteiger partial charge is 0.225 e. The third kappa shape index (κ3) is 4.01. The summed E-state index contributed by atoms with van der Waals surface area (Å²) in [5, 5.41) is 7.81. The third-order valence-electron chi connectivity index (χ3n) is 5.60. The average Bonchev–Trinajstić information content (AvgIpc) is 3.27. The van der Waals surface area contributed by atoms with Crippen molar-refractivity contribution in [3.8, 4) is 0 Å². The molecule has 2 aliphatic heterocycles. The summed E-state index contributed by atoms with van der Waals surface area (Å²) in [7, 11) is 0. The Morgan fingerprint density at radius 2 is 2.18 bits per heavy atom. The van der Waals surface area contributed by atoms with Gasteiger partial charge in [-0.05, 0) is 31.4 Å². The summed E-state index contributed by atoms with van der Waals surface area (Å²) in [6, 6.07) is 2.46. The van der Waals surface area contributed by atoms with E-state index in [1.165, 1.54) is 5.69 Å². The summed E-state index contributed by atoms with van der Waals surface area (Å²) in [5.41, 5.74) is 4.58. The number of nitrogens with one attached hydrogen (secondary N) is 1. The number of fused-ring (bicyclic) bond motifs is 1. The van der Waals surface area contributed by atoms with Crippen molar-refractivity contribution >= 4 is 11.9 Å². The number of carbonyl (C=O) groups is 1. The van der Waals surface area contributed by atoms with Gasteiger partial charge >= 0.3 is 0 Å². The number of anilines is 1. The van der Waals surface area contributed by atoms with Crippen LogP contribution in [0.4, 0.5) is 5.95 Å². The van der Waals surface area contributed by atoms with Gasteiger partial charge in [0.2, 0.25) is 11.9 Å². The molecule has 1 atom stereocenters. The fourth-order valence-electron chi connectivity index (χ4n) is 4.16. The predicted octanol–water partition coefficient (Wildman–Crippen LogP) is 1.27. The molecule has 1 amide bonds. The lowest BCUT2D eigenvalue weighted by molar-refractivity contribution is -0.119. The molecule has 2 aromatic rings. The molecule has 4 heterocycles. The molecule has 2 aromatic heterocycles. The van der Waals surface area contributed by atoms with Gasteiger partial charge in [-0.2, -0.15) is 5.10 Å². The Morgan fingerprint density at radius 3 is 2.96 bits per heavy atom. The Labute approximate surface area is 165 Å². The minimum Gasteiger partial charge on any atom is -0.352 e. The van der Waals surface area contributed by atoms with Crippen LogP contribution in [0.3, 0.4) is 0 Å². The second-order valence-electron chi connectivity index (χ2n) is 7.85. The van der Waals surface area contributed by atoms with Gasteiger partial charge in [0, 0.05) is 51.0 Å². The summed E-state index contributed by atoms with van der Waals surface area (Å²) in [6.07, 6.45) is 3.86. The van der Waals surface area contributed by atoms with E-state index in [-0.39, 0.29) is 11.9 Å². The van der Waals surface area contributed by atoms with E-state index in [0.29, 0.717) is 0 Å². The van der Waals surface area contributed by atoms with Crippen molar-refractivity contribution in [2.24, 2.45) is 0 Å². The molecule has 1 saturated heterocycles. The molecule has 1 unspecified atom stereocenters. The van der Waals surface area contributed by atoms with Crippen LogP contribution in [0.2, 0.25) is 0 Å². The van der Waals surface area contributed by atoms with Crippen molar-refractivity contribution in [2.75, 3.05) is 24.5 Å². The number of nitrogens with zero attached hydrogens (tertiary/aromatic N) is 6. The molecule has 0 bridgehead atoms. The second kappa shape index (κ2) is 7.87. The van der Waals surface area contributed by atoms with Crippen molar-refractivity contribution in [3.63, 3.8) is 0 Å². The van der Waals surface area contributed by atoms with Crippen LogP contribution in [0.25, 0.3) is 0 Å². The zero-order valence-corrected chi connectivity index (χ0v) is 17.0. The van der Waals surface area contributed by atoms with E-state index in [4.69, 9.17) is 10.1 Å². The normalized spacial score (nSPS) is 19.7. The van der Waals surface area contributed by atoms with Gasteiger partial charge in [0.15, 0.2) is 0 Å². The largest absolute Gasteiger partial charge is 0.352 e. The van der Waals surface area contributed by atoms with Gasteiger partial charge in [-0.25, -0.2) is 9.97 Å².